The first kappa shape index (κ1) is 27.5. The number of fused-ring (bicyclic) bond motifs is 1. The number of benzene rings is 3. The van der Waals surface area contributed by atoms with E-state index < -0.39 is 11.6 Å². The second-order valence-corrected chi connectivity index (χ2v) is 10.6. The Labute approximate surface area is 233 Å². The molecule has 5 rings (SSSR count). The van der Waals surface area contributed by atoms with Gasteiger partial charge in [-0.1, -0.05) is 18.2 Å². The van der Waals surface area contributed by atoms with E-state index in [1.54, 1.807) is 0 Å². The minimum Gasteiger partial charge on any atom is -0.365 e. The van der Waals surface area contributed by atoms with E-state index in [1.165, 1.54) is 6.07 Å². The molecule has 0 spiro atoms. The fraction of sp³-hybridized carbons (Fsp3) is 0.323. The first-order valence-electron chi connectivity index (χ1n) is 13.5. The van der Waals surface area contributed by atoms with Gasteiger partial charge in [0.1, 0.15) is 17.5 Å². The fourth-order valence-corrected chi connectivity index (χ4v) is 4.96. The Morgan fingerprint density at radius 1 is 1.00 bits per heavy atom. The SMILES string of the molecule is Cc1ccc2c(NCc3ccc(NC(=O)C4CCN(Cc5cc(F)ccc5F)CC4)cc3)nc(N(C)C)nc2c1. The van der Waals surface area contributed by atoms with Gasteiger partial charge in [0.2, 0.25) is 11.9 Å². The van der Waals surface area contributed by atoms with Gasteiger partial charge in [0, 0.05) is 49.7 Å². The maximum atomic E-state index is 14.0. The summed E-state index contributed by atoms with van der Waals surface area (Å²) in [7, 11) is 3.84. The molecule has 2 heterocycles. The molecule has 4 aromatic rings. The lowest BCUT2D eigenvalue weighted by Gasteiger charge is -2.31. The van der Waals surface area contributed by atoms with Crippen LogP contribution in [0.15, 0.2) is 60.7 Å². The Kier molecular flexibility index (Phi) is 8.21. The number of nitrogens with zero attached hydrogens (tertiary/aromatic N) is 4. The van der Waals surface area contributed by atoms with E-state index in [-0.39, 0.29) is 11.8 Å². The van der Waals surface area contributed by atoms with Crippen LogP contribution in [0.3, 0.4) is 0 Å². The third kappa shape index (κ3) is 6.54. The molecule has 208 valence electrons. The Morgan fingerprint density at radius 2 is 1.75 bits per heavy atom. The van der Waals surface area contributed by atoms with Crippen molar-refractivity contribution in [2.45, 2.75) is 32.9 Å². The zero-order valence-electron chi connectivity index (χ0n) is 23.0. The average Bonchev–Trinajstić information content (AvgIpc) is 2.94. The molecule has 0 bridgehead atoms. The van der Waals surface area contributed by atoms with Crippen LogP contribution < -0.4 is 15.5 Å². The number of aromatic nitrogens is 2. The molecule has 1 aliphatic heterocycles. The van der Waals surface area contributed by atoms with Crippen LogP contribution in [0.2, 0.25) is 0 Å². The zero-order chi connectivity index (χ0) is 28.2. The number of aryl methyl sites for hydroxylation is 1. The van der Waals surface area contributed by atoms with Gasteiger partial charge in [-0.05, 0) is 86.4 Å². The van der Waals surface area contributed by atoms with E-state index in [4.69, 9.17) is 4.98 Å². The molecule has 40 heavy (non-hydrogen) atoms. The molecule has 1 aromatic heterocycles. The van der Waals surface area contributed by atoms with Crippen molar-refractivity contribution >= 4 is 34.3 Å². The highest BCUT2D eigenvalue weighted by Crippen LogP contribution is 2.25. The van der Waals surface area contributed by atoms with Gasteiger partial charge in [0.15, 0.2) is 0 Å². The number of anilines is 3. The molecule has 7 nitrogen and oxygen atoms in total. The normalized spacial score (nSPS) is 14.3. The molecule has 2 N–H and O–H groups in total. The summed E-state index contributed by atoms with van der Waals surface area (Å²) >= 11 is 0. The van der Waals surface area contributed by atoms with E-state index in [2.05, 4.69) is 32.7 Å². The van der Waals surface area contributed by atoms with Crippen LogP contribution in [-0.4, -0.2) is 48.0 Å². The molecule has 1 aliphatic rings. The summed E-state index contributed by atoms with van der Waals surface area (Å²) in [5.74, 6) is 0.447. The Hall–Kier alpha value is -4.11. The monoisotopic (exact) mass is 544 g/mol. The molecular formula is C31H34F2N6O. The number of hydrogen-bond acceptors (Lipinski definition) is 6. The van der Waals surface area contributed by atoms with Crippen LogP contribution in [0.5, 0.6) is 0 Å². The standard InChI is InChI=1S/C31H34F2N6O/c1-20-4-10-26-28(16-20)36-31(38(2)3)37-29(26)34-18-21-5-8-25(9-6-21)35-30(40)22-12-14-39(15-13-22)19-23-17-24(32)7-11-27(23)33/h4-11,16-17,22H,12-15,18-19H2,1-3H3,(H,35,40)(H,34,36,37). The van der Waals surface area contributed by atoms with Crippen LogP contribution in [0.25, 0.3) is 10.9 Å². The predicted molar refractivity (Wildman–Crippen MR) is 155 cm³/mol. The van der Waals surface area contributed by atoms with Gasteiger partial charge in [-0.3, -0.25) is 9.69 Å². The first-order valence-corrected chi connectivity index (χ1v) is 13.5. The number of likely N-dealkylation sites (tertiary alicyclic amines) is 1. The van der Waals surface area contributed by atoms with Crippen molar-refractivity contribution in [1.82, 2.24) is 14.9 Å². The van der Waals surface area contributed by atoms with Gasteiger partial charge < -0.3 is 15.5 Å². The molecule has 1 saturated heterocycles. The van der Waals surface area contributed by atoms with E-state index >= 15 is 0 Å². The average molecular weight is 545 g/mol. The first-order chi connectivity index (χ1) is 19.2. The molecule has 9 heteroatoms. The lowest BCUT2D eigenvalue weighted by Crippen LogP contribution is -2.37. The van der Waals surface area contributed by atoms with Crippen molar-refractivity contribution in [2.24, 2.45) is 5.92 Å². The second-order valence-electron chi connectivity index (χ2n) is 10.6. The van der Waals surface area contributed by atoms with Crippen LogP contribution >= 0.6 is 0 Å². The molecular weight excluding hydrogens is 510 g/mol. The van der Waals surface area contributed by atoms with Crippen molar-refractivity contribution in [3.05, 3.63) is 89.0 Å². The molecule has 3 aromatic carbocycles. The van der Waals surface area contributed by atoms with E-state index in [0.29, 0.717) is 50.5 Å². The third-order valence-corrected chi connectivity index (χ3v) is 7.28. The van der Waals surface area contributed by atoms with Crippen LogP contribution in [-0.2, 0) is 17.9 Å². The number of amides is 1. The van der Waals surface area contributed by atoms with Crippen LogP contribution in [0.4, 0.5) is 26.2 Å². The maximum Gasteiger partial charge on any atom is 0.227 e. The highest BCUT2D eigenvalue weighted by atomic mass is 19.1. The van der Waals surface area contributed by atoms with E-state index in [9.17, 15) is 13.6 Å². The summed E-state index contributed by atoms with van der Waals surface area (Å²) in [6.07, 6.45) is 1.35. The molecule has 0 aliphatic carbocycles. The lowest BCUT2D eigenvalue weighted by atomic mass is 9.95. The van der Waals surface area contributed by atoms with Crippen molar-refractivity contribution in [3.63, 3.8) is 0 Å². The van der Waals surface area contributed by atoms with Gasteiger partial charge in [0.05, 0.1) is 5.52 Å². The Morgan fingerprint density at radius 3 is 2.48 bits per heavy atom. The van der Waals surface area contributed by atoms with Gasteiger partial charge in [0.25, 0.3) is 0 Å². The number of carbonyl (C=O) groups excluding carboxylic acids is 1. The van der Waals surface area contributed by atoms with E-state index in [0.717, 1.165) is 45.7 Å². The van der Waals surface area contributed by atoms with Crippen molar-refractivity contribution in [3.8, 4) is 0 Å². The van der Waals surface area contributed by atoms with Gasteiger partial charge in [-0.15, -0.1) is 0 Å². The number of rotatable bonds is 8. The molecule has 0 saturated carbocycles. The van der Waals surface area contributed by atoms with Gasteiger partial charge in [-0.25, -0.2) is 13.8 Å². The van der Waals surface area contributed by atoms with Crippen LogP contribution in [0, 0.1) is 24.5 Å². The Balaban J connectivity index is 1.15. The summed E-state index contributed by atoms with van der Waals surface area (Å²) in [6, 6.07) is 17.5. The predicted octanol–water partition coefficient (Wildman–Crippen LogP) is 5.75. The van der Waals surface area contributed by atoms with Crippen molar-refractivity contribution in [1.29, 1.82) is 0 Å². The zero-order valence-corrected chi connectivity index (χ0v) is 23.0. The highest BCUT2D eigenvalue weighted by Gasteiger charge is 2.25. The number of halogens is 2. The fourth-order valence-electron chi connectivity index (χ4n) is 4.96. The molecule has 0 unspecified atom stereocenters. The minimum atomic E-state index is -0.441. The van der Waals surface area contributed by atoms with E-state index in [1.807, 2.05) is 56.3 Å². The second kappa shape index (κ2) is 12.0. The summed E-state index contributed by atoms with van der Waals surface area (Å²) in [4.78, 5) is 26.2. The maximum absolute atomic E-state index is 14.0. The third-order valence-electron chi connectivity index (χ3n) is 7.28. The number of carbonyl (C=O) groups is 1. The smallest absolute Gasteiger partial charge is 0.227 e. The van der Waals surface area contributed by atoms with Gasteiger partial charge >= 0.3 is 0 Å². The number of hydrogen-bond donors (Lipinski definition) is 2. The van der Waals surface area contributed by atoms with Gasteiger partial charge in [-0.2, -0.15) is 4.98 Å². The molecule has 1 fully saturated rings. The topological polar surface area (TPSA) is 73.4 Å². The number of nitrogens with one attached hydrogen (secondary N) is 2. The summed E-state index contributed by atoms with van der Waals surface area (Å²) in [5, 5.41) is 7.44. The highest BCUT2D eigenvalue weighted by molar-refractivity contribution is 5.92. The molecule has 0 radical (unpaired) electrons. The quantitative estimate of drug-likeness (QED) is 0.295. The minimum absolute atomic E-state index is 0.0126. The summed E-state index contributed by atoms with van der Waals surface area (Å²) in [6.45, 7) is 4.28. The van der Waals surface area contributed by atoms with Crippen LogP contribution in [0.1, 0.15) is 29.5 Å². The molecule has 1 amide bonds. The summed E-state index contributed by atoms with van der Waals surface area (Å²) < 4.78 is 27.5. The Bertz CT molecular complexity index is 1500. The van der Waals surface area contributed by atoms with Crippen molar-refractivity contribution < 1.29 is 13.6 Å². The largest absolute Gasteiger partial charge is 0.365 e. The summed E-state index contributed by atoms with van der Waals surface area (Å²) in [5.41, 5.74) is 4.19. The lowest BCUT2D eigenvalue weighted by molar-refractivity contribution is -0.121. The molecule has 0 atom stereocenters. The number of piperidine rings is 1. The van der Waals surface area contributed by atoms with Crippen molar-refractivity contribution in [2.75, 3.05) is 42.7 Å².